The molecule has 0 aliphatic heterocycles. The molecule has 130 valence electrons. The highest BCUT2D eigenvalue weighted by atomic mass is 28.3. The summed E-state index contributed by atoms with van der Waals surface area (Å²) < 4.78 is 0. The fourth-order valence-electron chi connectivity index (χ4n) is 2.26. The molecule has 0 radical (unpaired) electrons. The Balaban J connectivity index is 2.44. The molecule has 2 aromatic carbocycles. The molecule has 0 aliphatic carbocycles. The Morgan fingerprint density at radius 2 is 1.64 bits per heavy atom. The van der Waals surface area contributed by atoms with Crippen LogP contribution in [0, 0.1) is 20.2 Å². The molecule has 0 unspecified atom stereocenters. The summed E-state index contributed by atoms with van der Waals surface area (Å²) in [6, 6.07) is 13.0. The summed E-state index contributed by atoms with van der Waals surface area (Å²) in [6.45, 7) is 6.35. The number of anilines is 1. The van der Waals surface area contributed by atoms with Crippen LogP contribution in [-0.2, 0) is 0 Å². The Labute approximate surface area is 145 Å². The van der Waals surface area contributed by atoms with Crippen molar-refractivity contribution in [2.45, 2.75) is 19.6 Å². The van der Waals surface area contributed by atoms with E-state index in [2.05, 4.69) is 30.2 Å². The first-order chi connectivity index (χ1) is 11.7. The highest BCUT2D eigenvalue weighted by molar-refractivity contribution is 7.06. The molecule has 0 aromatic heterocycles. The van der Waals surface area contributed by atoms with Crippen molar-refractivity contribution in [3.8, 4) is 0 Å². The van der Waals surface area contributed by atoms with Gasteiger partial charge < -0.3 is 0 Å². The van der Waals surface area contributed by atoms with E-state index in [4.69, 9.17) is 0 Å². The van der Waals surface area contributed by atoms with Crippen LogP contribution >= 0.6 is 0 Å². The Hall–Kier alpha value is -3.07. The maximum absolute atomic E-state index is 11.2. The summed E-state index contributed by atoms with van der Waals surface area (Å²) in [5.41, 5.74) is 3.05. The van der Waals surface area contributed by atoms with Gasteiger partial charge in [-0.3, -0.25) is 25.7 Å². The largest absolute Gasteiger partial charge is 0.301 e. The second-order valence-electron chi connectivity index (χ2n) is 6.40. The van der Waals surface area contributed by atoms with E-state index < -0.39 is 17.9 Å². The number of nitrogens with zero attached hydrogens (tertiary/aromatic N) is 3. The molecule has 8 nitrogen and oxygen atoms in total. The molecule has 0 saturated carbocycles. The van der Waals surface area contributed by atoms with Gasteiger partial charge in [-0.2, -0.15) is 5.10 Å². The maximum atomic E-state index is 11.2. The smallest absolute Gasteiger partial charge is 0.272 e. The lowest BCUT2D eigenvalue weighted by molar-refractivity contribution is -0.393. The van der Waals surface area contributed by atoms with Crippen molar-refractivity contribution in [2.24, 2.45) is 5.10 Å². The number of benzene rings is 2. The van der Waals surface area contributed by atoms with E-state index in [-0.39, 0.29) is 17.1 Å². The van der Waals surface area contributed by atoms with Gasteiger partial charge >= 0.3 is 5.69 Å². The van der Waals surface area contributed by atoms with Gasteiger partial charge in [0.1, 0.15) is 13.8 Å². The predicted octanol–water partition coefficient (Wildman–Crippen LogP) is 4.20. The van der Waals surface area contributed by atoms with Crippen LogP contribution in [0.25, 0.3) is 0 Å². The fourth-order valence-corrected chi connectivity index (χ4v) is 3.68. The molecule has 0 spiro atoms. The molecule has 1 N–H and O–H groups in total. The molecular formula is C16H18N4O4Si. The van der Waals surface area contributed by atoms with E-state index in [9.17, 15) is 20.2 Å². The average Bonchev–Trinajstić information content (AvgIpc) is 2.54. The van der Waals surface area contributed by atoms with Crippen molar-refractivity contribution in [3.05, 3.63) is 74.3 Å². The molecule has 0 aliphatic rings. The van der Waals surface area contributed by atoms with Gasteiger partial charge in [0.05, 0.1) is 21.2 Å². The number of nitro groups is 2. The van der Waals surface area contributed by atoms with Crippen LogP contribution in [-0.4, -0.2) is 23.3 Å². The molecule has 0 fully saturated rings. The van der Waals surface area contributed by atoms with Crippen LogP contribution in [0.5, 0.6) is 0 Å². The van der Waals surface area contributed by atoms with Crippen LogP contribution in [0.1, 0.15) is 5.56 Å². The first kappa shape index (κ1) is 18.3. The minimum atomic E-state index is -1.85. The first-order valence-electron chi connectivity index (χ1n) is 7.52. The number of hydrogen-bond donors (Lipinski definition) is 1. The zero-order chi connectivity index (χ0) is 18.6. The van der Waals surface area contributed by atoms with Gasteiger partial charge in [-0.1, -0.05) is 50.0 Å². The lowest BCUT2D eigenvalue weighted by Crippen LogP contribution is -2.35. The fraction of sp³-hybridized carbons (Fsp3) is 0.188. The monoisotopic (exact) mass is 358 g/mol. The zero-order valence-electron chi connectivity index (χ0n) is 14.1. The molecule has 9 heteroatoms. The molecule has 0 amide bonds. The Kier molecular flexibility index (Phi) is 5.28. The van der Waals surface area contributed by atoms with Crippen LogP contribution in [0.15, 0.2) is 53.6 Å². The Morgan fingerprint density at radius 1 is 1.00 bits per heavy atom. The molecule has 0 atom stereocenters. The van der Waals surface area contributed by atoms with Gasteiger partial charge in [-0.25, -0.2) is 0 Å². The number of non-ortho nitro benzene ring substituents is 1. The van der Waals surface area contributed by atoms with Gasteiger partial charge in [0.2, 0.25) is 0 Å². The van der Waals surface area contributed by atoms with E-state index in [0.29, 0.717) is 0 Å². The summed E-state index contributed by atoms with van der Waals surface area (Å²) in [5, 5.41) is 27.3. The number of nitro benzene ring substituents is 2. The van der Waals surface area contributed by atoms with Gasteiger partial charge in [-0.15, -0.1) is 0 Å². The molecule has 0 bridgehead atoms. The van der Waals surface area contributed by atoms with E-state index in [1.54, 1.807) is 0 Å². The molecule has 0 saturated heterocycles. The topological polar surface area (TPSA) is 111 Å². The van der Waals surface area contributed by atoms with Crippen LogP contribution in [0.3, 0.4) is 0 Å². The number of hydrazone groups is 1. The summed E-state index contributed by atoms with van der Waals surface area (Å²) in [7, 11) is -1.85. The lowest BCUT2D eigenvalue weighted by Gasteiger charge is -2.19. The van der Waals surface area contributed by atoms with Crippen LogP contribution in [0.4, 0.5) is 17.1 Å². The predicted molar refractivity (Wildman–Crippen MR) is 99.7 cm³/mol. The van der Waals surface area contributed by atoms with E-state index >= 15 is 0 Å². The third kappa shape index (κ3) is 4.48. The van der Waals surface area contributed by atoms with Crippen molar-refractivity contribution in [3.63, 3.8) is 0 Å². The second kappa shape index (κ2) is 7.22. The summed E-state index contributed by atoms with van der Waals surface area (Å²) >= 11 is 0. The van der Waals surface area contributed by atoms with E-state index in [1.807, 2.05) is 30.3 Å². The number of hydrogen-bond acceptors (Lipinski definition) is 6. The van der Waals surface area contributed by atoms with E-state index in [0.717, 1.165) is 17.0 Å². The summed E-state index contributed by atoms with van der Waals surface area (Å²) in [4.78, 5) is 20.7. The molecular weight excluding hydrogens is 340 g/mol. The van der Waals surface area contributed by atoms with Gasteiger partial charge in [-0.05, 0) is 11.6 Å². The Morgan fingerprint density at radius 3 is 2.16 bits per heavy atom. The molecule has 0 heterocycles. The standard InChI is InChI=1S/C16H18N4O4Si/c1-25(2,3)16(12-7-5-4-6-8-12)18-17-14-10-9-13(19(21)22)11-15(14)20(23)24/h4-11,17H,1-3H3. The average molecular weight is 358 g/mol. The summed E-state index contributed by atoms with van der Waals surface area (Å²) in [5.74, 6) is 0. The van der Waals surface area contributed by atoms with Crippen molar-refractivity contribution in [1.29, 1.82) is 0 Å². The number of rotatable bonds is 6. The van der Waals surface area contributed by atoms with Crippen molar-refractivity contribution in [1.82, 2.24) is 0 Å². The minimum absolute atomic E-state index is 0.113. The quantitative estimate of drug-likeness (QED) is 0.360. The lowest BCUT2D eigenvalue weighted by atomic mass is 10.2. The van der Waals surface area contributed by atoms with E-state index in [1.165, 1.54) is 12.1 Å². The SMILES string of the molecule is C[Si](C)(C)C(=NNc1ccc([N+](=O)[O-])cc1[N+](=O)[O-])c1ccccc1. The van der Waals surface area contributed by atoms with Crippen molar-refractivity contribution >= 4 is 30.5 Å². The van der Waals surface area contributed by atoms with Crippen LogP contribution in [0.2, 0.25) is 19.6 Å². The molecule has 2 rings (SSSR count). The third-order valence-corrected chi connectivity index (χ3v) is 5.26. The molecule has 2 aromatic rings. The van der Waals surface area contributed by atoms with Crippen LogP contribution < -0.4 is 5.43 Å². The first-order valence-corrected chi connectivity index (χ1v) is 11.0. The van der Waals surface area contributed by atoms with Gasteiger partial charge in [0.15, 0.2) is 0 Å². The third-order valence-electron chi connectivity index (χ3n) is 3.43. The highest BCUT2D eigenvalue weighted by Crippen LogP contribution is 2.29. The second-order valence-corrected chi connectivity index (χ2v) is 11.4. The Bertz CT molecular complexity index is 832. The van der Waals surface area contributed by atoms with Crippen molar-refractivity contribution in [2.75, 3.05) is 5.43 Å². The maximum Gasteiger partial charge on any atom is 0.301 e. The molecule has 25 heavy (non-hydrogen) atoms. The van der Waals surface area contributed by atoms with Crippen molar-refractivity contribution < 1.29 is 9.85 Å². The van der Waals surface area contributed by atoms with Gasteiger partial charge in [0, 0.05) is 6.07 Å². The zero-order valence-corrected chi connectivity index (χ0v) is 15.1. The van der Waals surface area contributed by atoms with Gasteiger partial charge in [0.25, 0.3) is 5.69 Å². The minimum Gasteiger partial charge on any atom is -0.272 e. The number of nitrogens with one attached hydrogen (secondary N) is 1. The summed E-state index contributed by atoms with van der Waals surface area (Å²) in [6.07, 6.45) is 0. The highest BCUT2D eigenvalue weighted by Gasteiger charge is 2.24. The normalized spacial score (nSPS) is 11.9.